The molecule has 0 radical (unpaired) electrons. The maximum atomic E-state index is 12.4. The van der Waals surface area contributed by atoms with Gasteiger partial charge in [-0.3, -0.25) is 4.79 Å². The van der Waals surface area contributed by atoms with Gasteiger partial charge in [-0.1, -0.05) is 29.8 Å². The molecule has 0 saturated carbocycles. The summed E-state index contributed by atoms with van der Waals surface area (Å²) in [5.74, 6) is 1.49. The van der Waals surface area contributed by atoms with E-state index in [0.29, 0.717) is 22.3 Å². The fraction of sp³-hybridized carbons (Fsp3) is 0.316. The molecule has 2 aromatic rings. The van der Waals surface area contributed by atoms with Crippen molar-refractivity contribution in [3.8, 4) is 17.2 Å². The van der Waals surface area contributed by atoms with E-state index in [2.05, 4.69) is 5.32 Å². The quantitative estimate of drug-likeness (QED) is 0.807. The van der Waals surface area contributed by atoms with Crippen LogP contribution in [0.1, 0.15) is 25.5 Å². The van der Waals surface area contributed by atoms with Crippen molar-refractivity contribution in [2.75, 3.05) is 14.2 Å². The minimum absolute atomic E-state index is 0.218. The molecule has 1 amide bonds. The van der Waals surface area contributed by atoms with Gasteiger partial charge in [0, 0.05) is 0 Å². The molecule has 5 nitrogen and oxygen atoms in total. The van der Waals surface area contributed by atoms with E-state index in [0.717, 1.165) is 5.56 Å². The van der Waals surface area contributed by atoms with Crippen LogP contribution in [0.4, 0.5) is 0 Å². The maximum absolute atomic E-state index is 12.4. The Labute approximate surface area is 152 Å². The van der Waals surface area contributed by atoms with Crippen LogP contribution in [0, 0.1) is 0 Å². The first-order chi connectivity index (χ1) is 12.0. The number of nitrogens with one attached hydrogen (secondary N) is 1. The van der Waals surface area contributed by atoms with Crippen molar-refractivity contribution in [2.45, 2.75) is 26.0 Å². The van der Waals surface area contributed by atoms with E-state index in [1.165, 1.54) is 0 Å². The zero-order chi connectivity index (χ0) is 18.4. The normalized spacial score (nSPS) is 12.8. The van der Waals surface area contributed by atoms with Gasteiger partial charge < -0.3 is 19.5 Å². The van der Waals surface area contributed by atoms with Crippen LogP contribution in [0.15, 0.2) is 42.5 Å². The molecule has 0 bridgehead atoms. The molecule has 0 saturated heterocycles. The van der Waals surface area contributed by atoms with E-state index >= 15 is 0 Å². The van der Waals surface area contributed by atoms with Crippen LogP contribution >= 0.6 is 11.6 Å². The summed E-state index contributed by atoms with van der Waals surface area (Å²) >= 11 is 6.05. The molecule has 0 fully saturated rings. The minimum atomic E-state index is -0.678. The van der Waals surface area contributed by atoms with Crippen molar-refractivity contribution in [1.29, 1.82) is 0 Å². The lowest BCUT2D eigenvalue weighted by Gasteiger charge is -2.20. The maximum Gasteiger partial charge on any atom is 0.261 e. The molecule has 0 aromatic heterocycles. The summed E-state index contributed by atoms with van der Waals surface area (Å²) in [7, 11) is 3.15. The summed E-state index contributed by atoms with van der Waals surface area (Å²) in [5, 5.41) is 3.39. The molecule has 2 rings (SSSR count). The number of methoxy groups -OCH3 is 2. The van der Waals surface area contributed by atoms with Gasteiger partial charge in [0.15, 0.2) is 17.6 Å². The van der Waals surface area contributed by atoms with Crippen LogP contribution in [0.3, 0.4) is 0 Å². The van der Waals surface area contributed by atoms with Gasteiger partial charge in [0.05, 0.1) is 25.3 Å². The Morgan fingerprint density at radius 2 is 1.68 bits per heavy atom. The molecule has 1 N–H and O–H groups in total. The highest BCUT2D eigenvalue weighted by Gasteiger charge is 2.19. The molecule has 0 aliphatic rings. The van der Waals surface area contributed by atoms with Gasteiger partial charge in [0.25, 0.3) is 5.91 Å². The summed E-state index contributed by atoms with van der Waals surface area (Å²) in [6.07, 6.45) is -0.678. The number of benzene rings is 2. The lowest BCUT2D eigenvalue weighted by Crippen LogP contribution is -2.37. The van der Waals surface area contributed by atoms with Gasteiger partial charge in [-0.25, -0.2) is 0 Å². The molecular formula is C19H22ClNO4. The van der Waals surface area contributed by atoms with Crippen molar-refractivity contribution in [3.05, 3.63) is 53.1 Å². The third kappa shape index (κ3) is 4.79. The Balaban J connectivity index is 2.03. The number of ether oxygens (including phenoxy) is 3. The van der Waals surface area contributed by atoms with E-state index in [9.17, 15) is 4.79 Å². The van der Waals surface area contributed by atoms with Crippen molar-refractivity contribution >= 4 is 17.5 Å². The molecule has 2 aromatic carbocycles. The monoisotopic (exact) mass is 363 g/mol. The average molecular weight is 364 g/mol. The third-order valence-corrected chi connectivity index (χ3v) is 4.09. The van der Waals surface area contributed by atoms with Gasteiger partial charge in [-0.15, -0.1) is 0 Å². The predicted octanol–water partition coefficient (Wildman–Crippen LogP) is 4.00. The van der Waals surface area contributed by atoms with Crippen molar-refractivity contribution < 1.29 is 19.0 Å². The van der Waals surface area contributed by atoms with Gasteiger partial charge in [0.1, 0.15) is 5.75 Å². The Hall–Kier alpha value is -2.40. The molecular weight excluding hydrogens is 342 g/mol. The molecule has 0 heterocycles. The molecule has 0 aliphatic heterocycles. The van der Waals surface area contributed by atoms with Crippen LogP contribution in [0.5, 0.6) is 17.2 Å². The molecule has 0 unspecified atom stereocenters. The van der Waals surface area contributed by atoms with Crippen LogP contribution in [-0.2, 0) is 4.79 Å². The molecule has 25 heavy (non-hydrogen) atoms. The molecule has 2 atom stereocenters. The number of hydrogen-bond donors (Lipinski definition) is 1. The van der Waals surface area contributed by atoms with E-state index < -0.39 is 6.10 Å². The lowest BCUT2D eigenvalue weighted by molar-refractivity contribution is -0.127. The smallest absolute Gasteiger partial charge is 0.261 e. The largest absolute Gasteiger partial charge is 0.493 e. The Kier molecular flexibility index (Phi) is 6.53. The van der Waals surface area contributed by atoms with E-state index in [1.807, 2.05) is 19.1 Å². The highest BCUT2D eigenvalue weighted by molar-refractivity contribution is 6.32. The summed E-state index contributed by atoms with van der Waals surface area (Å²) in [4.78, 5) is 12.4. The third-order valence-electron chi connectivity index (χ3n) is 3.78. The number of carbonyl (C=O) groups excluding carboxylic acids is 1. The Morgan fingerprint density at radius 1 is 1.00 bits per heavy atom. The second-order valence-corrected chi connectivity index (χ2v) is 5.94. The molecule has 0 aliphatic carbocycles. The molecule has 6 heteroatoms. The summed E-state index contributed by atoms with van der Waals surface area (Å²) in [6.45, 7) is 3.57. The number of para-hydroxylation sites is 1. The summed E-state index contributed by atoms with van der Waals surface area (Å²) in [5.41, 5.74) is 0.899. The zero-order valence-electron chi connectivity index (χ0n) is 14.7. The summed E-state index contributed by atoms with van der Waals surface area (Å²) < 4.78 is 16.2. The van der Waals surface area contributed by atoms with Crippen LogP contribution in [0.25, 0.3) is 0 Å². The fourth-order valence-corrected chi connectivity index (χ4v) is 2.50. The van der Waals surface area contributed by atoms with Crippen LogP contribution < -0.4 is 19.5 Å². The van der Waals surface area contributed by atoms with E-state index in [1.54, 1.807) is 51.5 Å². The molecule has 134 valence electrons. The highest BCUT2D eigenvalue weighted by atomic mass is 35.5. The number of amides is 1. The second-order valence-electron chi connectivity index (χ2n) is 5.54. The Bertz CT molecular complexity index is 735. The number of halogens is 1. The predicted molar refractivity (Wildman–Crippen MR) is 97.6 cm³/mol. The SMILES string of the molecule is COc1ccc([C@H](C)NC(=O)[C@H](C)Oc2ccccc2Cl)cc1OC. The summed E-state index contributed by atoms with van der Waals surface area (Å²) in [6, 6.07) is 12.4. The first-order valence-corrected chi connectivity index (χ1v) is 8.27. The van der Waals surface area contributed by atoms with Gasteiger partial charge >= 0.3 is 0 Å². The minimum Gasteiger partial charge on any atom is -0.493 e. The topological polar surface area (TPSA) is 56.8 Å². The van der Waals surface area contributed by atoms with E-state index in [-0.39, 0.29) is 11.9 Å². The highest BCUT2D eigenvalue weighted by Crippen LogP contribution is 2.30. The fourth-order valence-electron chi connectivity index (χ4n) is 2.32. The van der Waals surface area contributed by atoms with Crippen LogP contribution in [-0.4, -0.2) is 26.2 Å². The Morgan fingerprint density at radius 3 is 2.32 bits per heavy atom. The van der Waals surface area contributed by atoms with E-state index in [4.69, 9.17) is 25.8 Å². The first-order valence-electron chi connectivity index (χ1n) is 7.89. The standard InChI is InChI=1S/C19H22ClNO4/c1-12(14-9-10-17(23-3)18(11-14)24-4)21-19(22)13(2)25-16-8-6-5-7-15(16)20/h5-13H,1-4H3,(H,21,22)/t12-,13-/m0/s1. The number of carbonyl (C=O) groups is 1. The number of rotatable bonds is 7. The zero-order valence-corrected chi connectivity index (χ0v) is 15.5. The lowest BCUT2D eigenvalue weighted by atomic mass is 10.1. The average Bonchev–Trinajstić information content (AvgIpc) is 2.62. The second kappa shape index (κ2) is 8.62. The van der Waals surface area contributed by atoms with Crippen molar-refractivity contribution in [2.24, 2.45) is 0 Å². The van der Waals surface area contributed by atoms with Gasteiger partial charge in [-0.2, -0.15) is 0 Å². The number of hydrogen-bond acceptors (Lipinski definition) is 4. The van der Waals surface area contributed by atoms with Crippen LogP contribution in [0.2, 0.25) is 5.02 Å². The molecule has 0 spiro atoms. The first kappa shape index (κ1) is 18.9. The van der Waals surface area contributed by atoms with Crippen molar-refractivity contribution in [3.63, 3.8) is 0 Å². The van der Waals surface area contributed by atoms with Gasteiger partial charge in [0.2, 0.25) is 0 Å². The van der Waals surface area contributed by atoms with Crippen molar-refractivity contribution in [1.82, 2.24) is 5.32 Å². The van der Waals surface area contributed by atoms with Gasteiger partial charge in [-0.05, 0) is 43.7 Å².